The number of nitrogens with two attached hydrogens (primary N) is 1. The fourth-order valence-corrected chi connectivity index (χ4v) is 3.34. The van der Waals surface area contributed by atoms with Gasteiger partial charge < -0.3 is 10.6 Å². The molecule has 0 aliphatic carbocycles. The summed E-state index contributed by atoms with van der Waals surface area (Å²) in [4.78, 5) is 4.99. The van der Waals surface area contributed by atoms with Gasteiger partial charge in [-0.1, -0.05) is 44.2 Å². The van der Waals surface area contributed by atoms with Gasteiger partial charge in [0, 0.05) is 19.1 Å². The van der Waals surface area contributed by atoms with Crippen LogP contribution >= 0.6 is 0 Å². The van der Waals surface area contributed by atoms with Crippen molar-refractivity contribution < 1.29 is 0 Å². The molecule has 0 spiro atoms. The smallest absolute Gasteiger partial charge is 0.0995 e. The summed E-state index contributed by atoms with van der Waals surface area (Å²) >= 11 is 0. The Bertz CT molecular complexity index is 441. The topological polar surface area (TPSA) is 56.4 Å². The number of nitrogens with one attached hydrogen (secondary N) is 1. The van der Waals surface area contributed by atoms with Crippen LogP contribution in [0.2, 0.25) is 0 Å². The van der Waals surface area contributed by atoms with Gasteiger partial charge in [-0.25, -0.2) is 0 Å². The molecule has 1 heterocycles. The predicted octanol–water partition coefficient (Wildman–Crippen LogP) is 2.12. The van der Waals surface area contributed by atoms with Crippen LogP contribution in [-0.4, -0.2) is 54.4 Å². The Morgan fingerprint density at radius 1 is 1.33 bits per heavy atom. The van der Waals surface area contributed by atoms with Crippen molar-refractivity contribution in [1.82, 2.24) is 9.80 Å². The van der Waals surface area contributed by atoms with Crippen LogP contribution in [0.3, 0.4) is 0 Å². The maximum Gasteiger partial charge on any atom is 0.0995 e. The van der Waals surface area contributed by atoms with Crippen LogP contribution in [0.5, 0.6) is 0 Å². The minimum absolute atomic E-state index is 0.0154. The summed E-state index contributed by atoms with van der Waals surface area (Å²) in [5, 5.41) is 7.90. The Balaban J connectivity index is 1.98. The summed E-state index contributed by atoms with van der Waals surface area (Å²) in [6.07, 6.45) is 1.22. The monoisotopic (exact) mass is 288 g/mol. The highest BCUT2D eigenvalue weighted by Gasteiger charge is 2.28. The zero-order chi connectivity index (χ0) is 15.2. The highest BCUT2D eigenvalue weighted by molar-refractivity contribution is 5.84. The number of hydrogen-bond acceptors (Lipinski definition) is 3. The molecule has 0 saturated carbocycles. The van der Waals surface area contributed by atoms with E-state index < -0.39 is 0 Å². The molecule has 0 amide bonds. The third-order valence-electron chi connectivity index (χ3n) is 4.59. The van der Waals surface area contributed by atoms with Gasteiger partial charge in [-0.3, -0.25) is 10.3 Å². The average Bonchev–Trinajstić information content (AvgIpc) is 2.95. The van der Waals surface area contributed by atoms with E-state index in [1.807, 2.05) is 18.2 Å². The lowest BCUT2D eigenvalue weighted by Crippen LogP contribution is -2.39. The fraction of sp³-hybridized carbons (Fsp3) is 0.588. The Labute approximate surface area is 128 Å². The van der Waals surface area contributed by atoms with Gasteiger partial charge in [0.15, 0.2) is 0 Å². The number of hydrogen-bond donors (Lipinski definition) is 2. The highest BCUT2D eigenvalue weighted by atomic mass is 15.2. The Hall–Kier alpha value is -1.39. The highest BCUT2D eigenvalue weighted by Crippen LogP contribution is 2.21. The van der Waals surface area contributed by atoms with Gasteiger partial charge in [0.05, 0.1) is 11.8 Å². The summed E-state index contributed by atoms with van der Waals surface area (Å²) in [7, 11) is 0. The molecule has 4 nitrogen and oxygen atoms in total. The number of benzene rings is 1. The Morgan fingerprint density at radius 3 is 2.57 bits per heavy atom. The lowest BCUT2D eigenvalue weighted by Gasteiger charge is -2.27. The first kappa shape index (κ1) is 16.0. The molecule has 2 unspecified atom stereocenters. The number of likely N-dealkylation sites (tertiary alicyclic amines) is 1. The second kappa shape index (κ2) is 7.57. The molecule has 3 N–H and O–H groups in total. The van der Waals surface area contributed by atoms with Gasteiger partial charge in [-0.05, 0) is 31.6 Å². The number of nitrogens with zero attached hydrogens (tertiary/aromatic N) is 2. The van der Waals surface area contributed by atoms with Crippen molar-refractivity contribution in [2.45, 2.75) is 32.2 Å². The molecule has 2 rings (SSSR count). The predicted molar refractivity (Wildman–Crippen MR) is 88.9 cm³/mol. The molecule has 1 fully saturated rings. The van der Waals surface area contributed by atoms with E-state index in [9.17, 15) is 0 Å². The van der Waals surface area contributed by atoms with Crippen LogP contribution in [0.15, 0.2) is 30.3 Å². The van der Waals surface area contributed by atoms with Crippen molar-refractivity contribution >= 4 is 5.84 Å². The van der Waals surface area contributed by atoms with Gasteiger partial charge in [0.25, 0.3) is 0 Å². The first-order valence-corrected chi connectivity index (χ1v) is 8.01. The van der Waals surface area contributed by atoms with Crippen molar-refractivity contribution in [1.29, 1.82) is 5.41 Å². The molecule has 0 radical (unpaired) electrons. The van der Waals surface area contributed by atoms with Gasteiger partial charge in [0.1, 0.15) is 0 Å². The second-order valence-electron chi connectivity index (χ2n) is 5.84. The van der Waals surface area contributed by atoms with Gasteiger partial charge in [-0.2, -0.15) is 0 Å². The van der Waals surface area contributed by atoms with Crippen LogP contribution in [0, 0.1) is 5.41 Å². The zero-order valence-corrected chi connectivity index (χ0v) is 13.3. The minimum Gasteiger partial charge on any atom is -0.387 e. The molecule has 1 aliphatic rings. The average molecular weight is 288 g/mol. The van der Waals surface area contributed by atoms with E-state index >= 15 is 0 Å². The molecular weight excluding hydrogens is 260 g/mol. The van der Waals surface area contributed by atoms with E-state index in [0.29, 0.717) is 6.04 Å². The van der Waals surface area contributed by atoms with Crippen molar-refractivity contribution in [3.8, 4) is 0 Å². The minimum atomic E-state index is 0.0154. The largest absolute Gasteiger partial charge is 0.387 e. The van der Waals surface area contributed by atoms with Crippen LogP contribution in [0.4, 0.5) is 0 Å². The molecule has 116 valence electrons. The van der Waals surface area contributed by atoms with E-state index in [1.54, 1.807) is 0 Å². The number of amidine groups is 1. The van der Waals surface area contributed by atoms with E-state index in [-0.39, 0.29) is 11.8 Å². The van der Waals surface area contributed by atoms with E-state index in [1.165, 1.54) is 6.42 Å². The van der Waals surface area contributed by atoms with Crippen LogP contribution < -0.4 is 5.73 Å². The molecule has 1 saturated heterocycles. The van der Waals surface area contributed by atoms with Crippen molar-refractivity contribution in [2.75, 3.05) is 32.7 Å². The van der Waals surface area contributed by atoms with Gasteiger partial charge in [0.2, 0.25) is 0 Å². The lowest BCUT2D eigenvalue weighted by atomic mass is 9.97. The molecule has 1 aliphatic heterocycles. The van der Waals surface area contributed by atoms with E-state index in [2.05, 4.69) is 35.8 Å². The van der Waals surface area contributed by atoms with Crippen LogP contribution in [-0.2, 0) is 0 Å². The first-order chi connectivity index (χ1) is 10.2. The molecule has 1 aromatic carbocycles. The summed E-state index contributed by atoms with van der Waals surface area (Å²) in [6, 6.07) is 10.9. The van der Waals surface area contributed by atoms with Crippen LogP contribution in [0.25, 0.3) is 0 Å². The second-order valence-corrected chi connectivity index (χ2v) is 5.84. The van der Waals surface area contributed by atoms with E-state index in [0.717, 1.165) is 38.3 Å². The Kier molecular flexibility index (Phi) is 5.76. The fourth-order valence-electron chi connectivity index (χ4n) is 3.34. The molecule has 0 aromatic heterocycles. The number of likely N-dealkylation sites (N-methyl/N-ethyl adjacent to an activating group) is 1. The molecule has 0 bridgehead atoms. The summed E-state index contributed by atoms with van der Waals surface area (Å²) < 4.78 is 0. The zero-order valence-electron chi connectivity index (χ0n) is 13.3. The summed E-state index contributed by atoms with van der Waals surface area (Å²) in [5.74, 6) is 0.286. The van der Waals surface area contributed by atoms with Crippen LogP contribution in [0.1, 0.15) is 31.7 Å². The normalized spacial score (nSPS) is 20.8. The molecule has 4 heteroatoms. The maximum atomic E-state index is 7.90. The van der Waals surface area contributed by atoms with Gasteiger partial charge >= 0.3 is 0 Å². The molecular formula is C17H28N4. The van der Waals surface area contributed by atoms with Crippen molar-refractivity contribution in [3.63, 3.8) is 0 Å². The molecule has 21 heavy (non-hydrogen) atoms. The summed E-state index contributed by atoms with van der Waals surface area (Å²) in [6.45, 7) is 9.75. The maximum absolute atomic E-state index is 7.90. The molecule has 2 atom stereocenters. The molecule has 1 aromatic rings. The SMILES string of the molecule is CCN(CC)C1CCN(CC(C(=N)N)c2ccccc2)C1. The van der Waals surface area contributed by atoms with E-state index in [4.69, 9.17) is 11.1 Å². The summed E-state index contributed by atoms with van der Waals surface area (Å²) in [5.41, 5.74) is 6.99. The van der Waals surface area contributed by atoms with Crippen molar-refractivity contribution in [3.05, 3.63) is 35.9 Å². The Morgan fingerprint density at radius 2 is 2.00 bits per heavy atom. The van der Waals surface area contributed by atoms with Crippen molar-refractivity contribution in [2.24, 2.45) is 5.73 Å². The third-order valence-corrected chi connectivity index (χ3v) is 4.59. The number of rotatable bonds is 7. The quantitative estimate of drug-likeness (QED) is 0.597. The standard InChI is InChI=1S/C17H28N4/c1-3-21(4-2)15-10-11-20(12-15)13-16(17(18)19)14-8-6-5-7-9-14/h5-9,15-16H,3-4,10-13H2,1-2H3,(H3,18,19). The lowest BCUT2D eigenvalue weighted by molar-refractivity contribution is 0.210. The first-order valence-electron chi connectivity index (χ1n) is 8.01. The third kappa shape index (κ3) is 4.05. The van der Waals surface area contributed by atoms with Gasteiger partial charge in [-0.15, -0.1) is 0 Å².